The smallest absolute Gasteiger partial charge is 0.299 e. The maximum absolute atomic E-state index is 13.7. The van der Waals surface area contributed by atoms with Gasteiger partial charge in [-0.1, -0.05) is 0 Å². The molecule has 284 valence electrons. The van der Waals surface area contributed by atoms with Crippen LogP contribution in [0.2, 0.25) is 0 Å². The third kappa shape index (κ3) is 8.32. The Morgan fingerprint density at radius 2 is 0.766 bits per heavy atom. The van der Waals surface area contributed by atoms with E-state index in [1.54, 1.807) is 0 Å². The summed E-state index contributed by atoms with van der Waals surface area (Å²) in [5, 5.41) is -14.3. The Balaban J connectivity index is 5.26. The van der Waals surface area contributed by atoms with E-state index < -0.39 is 109 Å². The Morgan fingerprint density at radius 3 is 0.979 bits per heavy atom. The highest BCUT2D eigenvalue weighted by Gasteiger charge is 2.86. The fraction of sp³-hybridized carbons (Fsp3) is 1.00. The molecule has 0 aromatic rings. The van der Waals surface area contributed by atoms with Gasteiger partial charge in [-0.25, -0.2) is 31.2 Å². The molecule has 47 heavy (non-hydrogen) atoms. The van der Waals surface area contributed by atoms with Gasteiger partial charge in [-0.05, 0) is 0 Å². The van der Waals surface area contributed by atoms with E-state index in [0.29, 0.717) is 0 Å². The molecule has 0 heterocycles. The Morgan fingerprint density at radius 1 is 0.532 bits per heavy atom. The second-order valence-electron chi connectivity index (χ2n) is 8.24. The molecule has 0 spiro atoms. The summed E-state index contributed by atoms with van der Waals surface area (Å²) in [5.74, 6) is -30.4. The van der Waals surface area contributed by atoms with Crippen molar-refractivity contribution >= 4 is 27.9 Å². The van der Waals surface area contributed by atoms with Crippen LogP contribution in [0.4, 0.5) is 79.0 Å². The maximum Gasteiger partial charge on any atom is 0.526 e. The van der Waals surface area contributed by atoms with Crippen LogP contribution in [0.1, 0.15) is 0 Å². The van der Waals surface area contributed by atoms with Crippen molar-refractivity contribution in [2.75, 3.05) is 40.4 Å². The van der Waals surface area contributed by atoms with Gasteiger partial charge in [-0.15, -0.1) is 9.35 Å². The van der Waals surface area contributed by atoms with Gasteiger partial charge in [0.05, 0.1) is 13.2 Å². The van der Waals surface area contributed by atoms with Crippen molar-refractivity contribution in [2.45, 2.75) is 46.6 Å². The second kappa shape index (κ2) is 13.7. The van der Waals surface area contributed by atoms with Gasteiger partial charge in [-0.3, -0.25) is 4.89 Å². The van der Waals surface area contributed by atoms with Crippen molar-refractivity contribution in [3.05, 3.63) is 0 Å². The fourth-order valence-electron chi connectivity index (χ4n) is 2.23. The maximum atomic E-state index is 13.7. The summed E-state index contributed by atoms with van der Waals surface area (Å²) < 4.78 is 296. The van der Waals surface area contributed by atoms with E-state index in [9.17, 15) is 100 Å². The predicted molar refractivity (Wildman–Crippen MR) is 109 cm³/mol. The number of hydrogen-bond acceptors (Lipinski definition) is 9. The van der Waals surface area contributed by atoms with Crippen LogP contribution in [-0.2, 0) is 43.7 Å². The Labute approximate surface area is 248 Å². The van der Waals surface area contributed by atoms with Crippen LogP contribution in [0.25, 0.3) is 0 Å². The number of alkyl halides is 18. The number of sulfonamides is 2. The van der Waals surface area contributed by atoms with Crippen molar-refractivity contribution in [3.63, 3.8) is 0 Å². The van der Waals surface area contributed by atoms with E-state index in [2.05, 4.69) is 19.1 Å². The van der Waals surface area contributed by atoms with E-state index in [4.69, 9.17) is 4.89 Å². The first-order chi connectivity index (χ1) is 20.3. The molecule has 12 nitrogen and oxygen atoms in total. The molecule has 0 radical (unpaired) electrons. The molecule has 0 atom stereocenters. The van der Waals surface area contributed by atoms with E-state index in [0.717, 1.165) is 0 Å². The molecule has 0 fully saturated rings. The number of phosphoric acid groups is 1. The normalized spacial score (nSPS) is 16.0. The van der Waals surface area contributed by atoms with E-state index >= 15 is 0 Å². The predicted octanol–water partition coefficient (Wildman–Crippen LogP) is 4.36. The SMILES string of the molecule is CN(CCOOP(=O)(O)OOCCN(C)S(=O)(=O)C(F)(F)C(F)(F)C(F)(F)C(F)(F)F)S(=O)(=O)C(F)(F)C(F)(F)C(F)(F)C(F)(F)F. The molecule has 0 amide bonds. The molecule has 1 N–H and O–H groups in total. The zero-order valence-electron chi connectivity index (χ0n) is 21.9. The highest BCUT2D eigenvalue weighted by Crippen LogP contribution is 2.56. The van der Waals surface area contributed by atoms with Gasteiger partial charge in [0.1, 0.15) is 0 Å². The highest BCUT2D eigenvalue weighted by molar-refractivity contribution is 7.90. The summed E-state index contributed by atoms with van der Waals surface area (Å²) >= 11 is 0. The van der Waals surface area contributed by atoms with Gasteiger partial charge in [0, 0.05) is 27.2 Å². The first-order valence-electron chi connectivity index (χ1n) is 10.5. The zero-order chi connectivity index (χ0) is 38.3. The third-order valence-corrected chi connectivity index (χ3v) is 9.38. The van der Waals surface area contributed by atoms with Crippen molar-refractivity contribution in [1.29, 1.82) is 0 Å². The summed E-state index contributed by atoms with van der Waals surface area (Å²) in [6.45, 7) is -6.84. The number of halogens is 18. The monoisotopic (exact) mass is 808 g/mol. The van der Waals surface area contributed by atoms with E-state index in [1.807, 2.05) is 0 Å². The van der Waals surface area contributed by atoms with Crippen LogP contribution >= 0.6 is 7.82 Å². The minimum Gasteiger partial charge on any atom is -0.299 e. The summed E-state index contributed by atoms with van der Waals surface area (Å²) in [6, 6.07) is 0. The van der Waals surface area contributed by atoms with Crippen LogP contribution in [0.5, 0.6) is 0 Å². The lowest BCUT2D eigenvalue weighted by Gasteiger charge is -2.34. The number of rotatable bonds is 18. The topological polar surface area (TPSA) is 149 Å². The van der Waals surface area contributed by atoms with Gasteiger partial charge in [0.25, 0.3) is 20.0 Å². The van der Waals surface area contributed by atoms with Crippen LogP contribution in [0, 0.1) is 0 Å². The minimum atomic E-state index is -7.62. The Kier molecular flexibility index (Phi) is 13.3. The number of nitrogens with zero attached hydrogens (tertiary/aromatic N) is 2. The molecule has 0 rings (SSSR count). The molecule has 0 saturated heterocycles. The first kappa shape index (κ1) is 45.6. The van der Waals surface area contributed by atoms with Crippen LogP contribution in [0.15, 0.2) is 0 Å². The first-order valence-corrected chi connectivity index (χ1v) is 14.9. The van der Waals surface area contributed by atoms with Crippen molar-refractivity contribution in [3.8, 4) is 0 Å². The second-order valence-corrected chi connectivity index (χ2v) is 13.6. The zero-order valence-corrected chi connectivity index (χ0v) is 24.4. The summed E-state index contributed by atoms with van der Waals surface area (Å²) in [5.41, 5.74) is 0. The van der Waals surface area contributed by atoms with Gasteiger partial charge < -0.3 is 0 Å². The average molecular weight is 808 g/mol. The molecule has 0 aliphatic heterocycles. The van der Waals surface area contributed by atoms with Crippen molar-refractivity contribution < 1.29 is 124 Å². The molecule has 33 heteroatoms. The lowest BCUT2D eigenvalue weighted by Crippen LogP contribution is -2.65. The average Bonchev–Trinajstić information content (AvgIpc) is 2.86. The molecule has 0 aliphatic carbocycles. The van der Waals surface area contributed by atoms with Gasteiger partial charge in [0.15, 0.2) is 0 Å². The molecule has 0 saturated carbocycles. The quantitative estimate of drug-likeness (QED) is 0.0697. The minimum absolute atomic E-state index is 0.124. The summed E-state index contributed by atoms with van der Waals surface area (Å²) in [7, 11) is -20.4. The lowest BCUT2D eigenvalue weighted by molar-refractivity contribution is -0.382. The van der Waals surface area contributed by atoms with Crippen molar-refractivity contribution in [2.24, 2.45) is 0 Å². The van der Waals surface area contributed by atoms with E-state index in [1.165, 1.54) is 0 Å². The van der Waals surface area contributed by atoms with Gasteiger partial charge in [-0.2, -0.15) is 87.6 Å². The Hall–Kier alpha value is -1.41. The third-order valence-electron chi connectivity index (χ3n) is 4.97. The summed E-state index contributed by atoms with van der Waals surface area (Å²) in [6.07, 6.45) is -14.8. The van der Waals surface area contributed by atoms with E-state index in [-0.39, 0.29) is 14.1 Å². The lowest BCUT2D eigenvalue weighted by atomic mass is 10.1. The molecule has 0 bridgehead atoms. The molecule has 0 aromatic heterocycles. The number of likely N-dealkylation sites (N-methyl/N-ethyl adjacent to an activating group) is 2. The van der Waals surface area contributed by atoms with Gasteiger partial charge >= 0.3 is 54.4 Å². The highest BCUT2D eigenvalue weighted by atomic mass is 32.2. The largest absolute Gasteiger partial charge is 0.526 e. The molecule has 0 aromatic carbocycles. The molecule has 0 aliphatic rings. The van der Waals surface area contributed by atoms with Crippen LogP contribution in [0.3, 0.4) is 0 Å². The number of hydrogen-bond donors (Lipinski definition) is 1. The fourth-order valence-corrected chi connectivity index (χ4v) is 4.99. The Bertz CT molecular complexity index is 1260. The summed E-state index contributed by atoms with van der Waals surface area (Å²) in [4.78, 5) is 16.6. The molecule has 0 unspecified atom stereocenters. The van der Waals surface area contributed by atoms with Crippen LogP contribution in [-0.4, -0.2) is 117 Å². The van der Waals surface area contributed by atoms with Gasteiger partial charge in [0.2, 0.25) is 0 Å². The molecular weight excluding hydrogens is 793 g/mol. The van der Waals surface area contributed by atoms with Crippen molar-refractivity contribution in [1.82, 2.24) is 8.61 Å². The molecular formula is C14H15F18N2O10PS2. The standard InChI is InChI=1S/C14H15F18N2O10PS2/c1-33(46(37,38)13(29,30)9(19,20)7(15,16)11(23,24)25)3-5-41-43-45(35,36)44-42-6-4-34(2)47(39,40)14(31,32)10(21,22)8(17,18)12(26,27)28/h3-6H2,1-2H3,(H,35,36). The van der Waals surface area contributed by atoms with Crippen LogP contribution < -0.4 is 0 Å².